The Balaban J connectivity index is 1.73. The van der Waals surface area contributed by atoms with E-state index in [1.54, 1.807) is 6.26 Å². The highest BCUT2D eigenvalue weighted by molar-refractivity contribution is 5.89. The lowest BCUT2D eigenvalue weighted by Crippen LogP contribution is -2.48. The highest BCUT2D eigenvalue weighted by Crippen LogP contribution is 2.43. The van der Waals surface area contributed by atoms with E-state index in [0.29, 0.717) is 6.54 Å². The molecule has 1 saturated carbocycles. The van der Waals surface area contributed by atoms with Crippen molar-refractivity contribution in [3.05, 3.63) is 60.1 Å². The van der Waals surface area contributed by atoms with Crippen LogP contribution in [0.3, 0.4) is 0 Å². The van der Waals surface area contributed by atoms with Gasteiger partial charge in [-0.2, -0.15) is 0 Å². The smallest absolute Gasteiger partial charge is 0.231 e. The van der Waals surface area contributed by atoms with Gasteiger partial charge in [0.15, 0.2) is 0 Å². The number of rotatable bonds is 4. The van der Waals surface area contributed by atoms with Crippen LogP contribution in [0.15, 0.2) is 53.1 Å². The second kappa shape index (κ2) is 4.92. The summed E-state index contributed by atoms with van der Waals surface area (Å²) in [6.45, 7) is 0.459. The molecule has 0 unspecified atom stereocenters. The molecule has 3 heteroatoms. The summed E-state index contributed by atoms with van der Waals surface area (Å²) in [6.07, 6.45) is 4.60. The molecule has 1 aromatic heterocycles. The van der Waals surface area contributed by atoms with Gasteiger partial charge in [-0.1, -0.05) is 36.8 Å². The van der Waals surface area contributed by atoms with E-state index in [1.807, 2.05) is 42.5 Å². The predicted molar refractivity (Wildman–Crippen MR) is 72.5 cm³/mol. The van der Waals surface area contributed by atoms with Crippen molar-refractivity contribution in [2.24, 2.45) is 0 Å². The fraction of sp³-hybridized carbons (Fsp3) is 0.312. The van der Waals surface area contributed by atoms with Crippen LogP contribution in [0, 0.1) is 0 Å². The molecular formula is C16H17NO2. The van der Waals surface area contributed by atoms with E-state index < -0.39 is 0 Å². The van der Waals surface area contributed by atoms with E-state index in [2.05, 4.69) is 5.32 Å². The molecule has 3 rings (SSSR count). The lowest BCUT2D eigenvalue weighted by Gasteiger charge is -2.40. The van der Waals surface area contributed by atoms with Crippen LogP contribution < -0.4 is 5.32 Å². The number of carbonyl (C=O) groups excluding carboxylic acids is 1. The molecule has 0 saturated heterocycles. The maximum atomic E-state index is 12.5. The summed E-state index contributed by atoms with van der Waals surface area (Å²) in [5.41, 5.74) is 0.798. The summed E-state index contributed by atoms with van der Waals surface area (Å²) in [6, 6.07) is 13.8. The van der Waals surface area contributed by atoms with Gasteiger partial charge >= 0.3 is 0 Å². The zero-order chi connectivity index (χ0) is 13.1. The largest absolute Gasteiger partial charge is 0.467 e. The van der Waals surface area contributed by atoms with Crippen LogP contribution in [-0.4, -0.2) is 5.91 Å². The average Bonchev–Trinajstić information content (AvgIpc) is 2.89. The van der Waals surface area contributed by atoms with Gasteiger partial charge in [-0.3, -0.25) is 4.79 Å². The second-order valence-corrected chi connectivity index (χ2v) is 5.06. The molecule has 1 aliphatic carbocycles. The first kappa shape index (κ1) is 12.0. The van der Waals surface area contributed by atoms with Crippen LogP contribution in [-0.2, 0) is 16.8 Å². The number of amides is 1. The maximum Gasteiger partial charge on any atom is 0.231 e. The van der Waals surface area contributed by atoms with Gasteiger partial charge < -0.3 is 9.73 Å². The summed E-state index contributed by atoms with van der Waals surface area (Å²) in [5.74, 6) is 0.900. The Labute approximate surface area is 112 Å². The summed E-state index contributed by atoms with van der Waals surface area (Å²) in [7, 11) is 0. The van der Waals surface area contributed by atoms with Crippen molar-refractivity contribution in [1.29, 1.82) is 0 Å². The molecule has 98 valence electrons. The highest BCUT2D eigenvalue weighted by Gasteiger charge is 2.45. The Morgan fingerprint density at radius 1 is 1.16 bits per heavy atom. The van der Waals surface area contributed by atoms with Crippen molar-refractivity contribution < 1.29 is 9.21 Å². The van der Waals surface area contributed by atoms with E-state index in [4.69, 9.17) is 4.42 Å². The molecule has 0 aliphatic heterocycles. The Morgan fingerprint density at radius 3 is 2.53 bits per heavy atom. The Morgan fingerprint density at radius 2 is 1.95 bits per heavy atom. The van der Waals surface area contributed by atoms with Crippen LogP contribution in [0.4, 0.5) is 0 Å². The molecule has 19 heavy (non-hydrogen) atoms. The molecular weight excluding hydrogens is 238 g/mol. The monoisotopic (exact) mass is 255 g/mol. The van der Waals surface area contributed by atoms with E-state index in [0.717, 1.165) is 30.6 Å². The Hall–Kier alpha value is -2.03. The fourth-order valence-electron chi connectivity index (χ4n) is 2.68. The van der Waals surface area contributed by atoms with Crippen molar-refractivity contribution in [3.8, 4) is 0 Å². The fourth-order valence-corrected chi connectivity index (χ4v) is 2.68. The summed E-state index contributed by atoms with van der Waals surface area (Å²) < 4.78 is 5.24. The summed E-state index contributed by atoms with van der Waals surface area (Å²) >= 11 is 0. The third kappa shape index (κ3) is 2.16. The molecule has 0 radical (unpaired) electrons. The standard InChI is InChI=1S/C16H17NO2/c18-15(17-12-14-8-4-11-19-14)16(9-5-10-16)13-6-2-1-3-7-13/h1-4,6-8,11H,5,9-10,12H2,(H,17,18). The maximum absolute atomic E-state index is 12.5. The zero-order valence-corrected chi connectivity index (χ0v) is 10.8. The Kier molecular flexibility index (Phi) is 3.11. The minimum atomic E-state index is -0.326. The first-order valence-corrected chi connectivity index (χ1v) is 6.67. The molecule has 1 aliphatic rings. The number of nitrogens with one attached hydrogen (secondary N) is 1. The molecule has 0 spiro atoms. The average molecular weight is 255 g/mol. The van der Waals surface area contributed by atoms with Gasteiger partial charge in [0, 0.05) is 0 Å². The molecule has 0 bridgehead atoms. The van der Waals surface area contributed by atoms with Crippen LogP contribution in [0.1, 0.15) is 30.6 Å². The molecule has 1 N–H and O–H groups in total. The van der Waals surface area contributed by atoms with E-state index in [1.165, 1.54) is 0 Å². The molecule has 2 aromatic rings. The number of hydrogen-bond acceptors (Lipinski definition) is 2. The third-order valence-corrected chi connectivity index (χ3v) is 3.97. The van der Waals surface area contributed by atoms with Crippen LogP contribution in [0.25, 0.3) is 0 Å². The Bertz CT molecular complexity index is 541. The summed E-state index contributed by atoms with van der Waals surface area (Å²) in [4.78, 5) is 12.5. The van der Waals surface area contributed by atoms with Gasteiger partial charge in [0.05, 0.1) is 18.2 Å². The number of furan rings is 1. The van der Waals surface area contributed by atoms with Crippen LogP contribution in [0.5, 0.6) is 0 Å². The topological polar surface area (TPSA) is 42.2 Å². The van der Waals surface area contributed by atoms with Crippen molar-refractivity contribution in [2.45, 2.75) is 31.2 Å². The summed E-state index contributed by atoms with van der Waals surface area (Å²) in [5, 5.41) is 2.99. The first-order valence-electron chi connectivity index (χ1n) is 6.67. The van der Waals surface area contributed by atoms with Crippen LogP contribution in [0.2, 0.25) is 0 Å². The van der Waals surface area contributed by atoms with Gasteiger partial charge in [-0.05, 0) is 30.5 Å². The molecule has 1 aromatic carbocycles. The van der Waals surface area contributed by atoms with Crippen molar-refractivity contribution >= 4 is 5.91 Å². The van der Waals surface area contributed by atoms with E-state index in [-0.39, 0.29) is 11.3 Å². The molecule has 1 amide bonds. The van der Waals surface area contributed by atoms with Gasteiger partial charge in [0.1, 0.15) is 5.76 Å². The zero-order valence-electron chi connectivity index (χ0n) is 10.8. The number of benzene rings is 1. The SMILES string of the molecule is O=C(NCc1ccco1)C1(c2ccccc2)CCC1. The normalized spacial score (nSPS) is 16.6. The predicted octanol–water partition coefficient (Wildman–Crippen LogP) is 3.02. The van der Waals surface area contributed by atoms with Gasteiger partial charge in [-0.25, -0.2) is 0 Å². The van der Waals surface area contributed by atoms with Gasteiger partial charge in [0.2, 0.25) is 5.91 Å². The quantitative estimate of drug-likeness (QED) is 0.912. The molecule has 3 nitrogen and oxygen atoms in total. The van der Waals surface area contributed by atoms with Gasteiger partial charge in [-0.15, -0.1) is 0 Å². The second-order valence-electron chi connectivity index (χ2n) is 5.06. The minimum absolute atomic E-state index is 0.112. The lowest BCUT2D eigenvalue weighted by atomic mass is 9.64. The molecule has 0 atom stereocenters. The van der Waals surface area contributed by atoms with Gasteiger partial charge in [0.25, 0.3) is 0 Å². The van der Waals surface area contributed by atoms with E-state index >= 15 is 0 Å². The van der Waals surface area contributed by atoms with Crippen molar-refractivity contribution in [1.82, 2.24) is 5.32 Å². The third-order valence-electron chi connectivity index (χ3n) is 3.97. The minimum Gasteiger partial charge on any atom is -0.467 e. The van der Waals surface area contributed by atoms with Crippen LogP contribution >= 0.6 is 0 Å². The molecule has 1 heterocycles. The lowest BCUT2D eigenvalue weighted by molar-refractivity contribution is -0.130. The highest BCUT2D eigenvalue weighted by atomic mass is 16.3. The van der Waals surface area contributed by atoms with Crippen molar-refractivity contribution in [3.63, 3.8) is 0 Å². The first-order chi connectivity index (χ1) is 9.31. The number of carbonyl (C=O) groups is 1. The van der Waals surface area contributed by atoms with E-state index in [9.17, 15) is 4.79 Å². The number of hydrogen-bond donors (Lipinski definition) is 1. The van der Waals surface area contributed by atoms with Crippen molar-refractivity contribution in [2.75, 3.05) is 0 Å². The molecule has 1 fully saturated rings.